The van der Waals surface area contributed by atoms with Crippen molar-refractivity contribution in [2.24, 2.45) is 0 Å². The highest BCUT2D eigenvalue weighted by atomic mass is 19.1. The first-order chi connectivity index (χ1) is 9.11. The molecule has 1 heterocycles. The van der Waals surface area contributed by atoms with E-state index < -0.39 is 11.7 Å². The van der Waals surface area contributed by atoms with Gasteiger partial charge in [-0.25, -0.2) is 4.39 Å². The number of nitrogens with zero attached hydrogens (tertiary/aromatic N) is 1. The van der Waals surface area contributed by atoms with Gasteiger partial charge in [0, 0.05) is 25.1 Å². The number of benzene rings is 1. The quantitative estimate of drug-likeness (QED) is 0.891. The fourth-order valence-electron chi connectivity index (χ4n) is 1.72. The molecule has 0 aliphatic rings. The maximum atomic E-state index is 13.6. The second-order valence-corrected chi connectivity index (χ2v) is 4.11. The lowest BCUT2D eigenvalue weighted by atomic mass is 10.2. The van der Waals surface area contributed by atoms with Crippen molar-refractivity contribution in [3.63, 3.8) is 0 Å². The maximum Gasteiger partial charge on any atom is 0.259 e. The van der Waals surface area contributed by atoms with E-state index in [-0.39, 0.29) is 5.69 Å². The molecule has 4 nitrogen and oxygen atoms in total. The summed E-state index contributed by atoms with van der Waals surface area (Å²) in [6.45, 7) is 1.83. The van der Waals surface area contributed by atoms with Crippen LogP contribution in [-0.4, -0.2) is 17.9 Å². The fourth-order valence-corrected chi connectivity index (χ4v) is 1.72. The molecule has 0 radical (unpaired) electrons. The van der Waals surface area contributed by atoms with Crippen LogP contribution in [0.3, 0.4) is 0 Å². The molecular formula is C14H14FN3O. The van der Waals surface area contributed by atoms with Crippen molar-refractivity contribution in [3.05, 3.63) is 53.6 Å². The summed E-state index contributed by atoms with van der Waals surface area (Å²) in [6, 6.07) is 6.24. The fraction of sp³-hybridized carbons (Fsp3) is 0.143. The van der Waals surface area contributed by atoms with Crippen molar-refractivity contribution in [2.75, 3.05) is 17.7 Å². The van der Waals surface area contributed by atoms with E-state index in [0.29, 0.717) is 11.3 Å². The van der Waals surface area contributed by atoms with Gasteiger partial charge in [-0.1, -0.05) is 6.07 Å². The number of pyridine rings is 1. The van der Waals surface area contributed by atoms with Crippen molar-refractivity contribution in [1.29, 1.82) is 0 Å². The van der Waals surface area contributed by atoms with Gasteiger partial charge >= 0.3 is 0 Å². The number of hydrogen-bond acceptors (Lipinski definition) is 3. The third kappa shape index (κ3) is 2.88. The number of aryl methyl sites for hydroxylation is 1. The van der Waals surface area contributed by atoms with E-state index in [2.05, 4.69) is 15.6 Å². The summed E-state index contributed by atoms with van der Waals surface area (Å²) in [5.74, 6) is -0.865. The second kappa shape index (κ2) is 5.48. The molecule has 2 aromatic rings. The van der Waals surface area contributed by atoms with Crippen LogP contribution in [0.1, 0.15) is 15.9 Å². The number of amides is 1. The summed E-state index contributed by atoms with van der Waals surface area (Å²) >= 11 is 0. The molecule has 0 aliphatic heterocycles. The lowest BCUT2D eigenvalue weighted by molar-refractivity contribution is 0.102. The van der Waals surface area contributed by atoms with Crippen molar-refractivity contribution in [1.82, 2.24) is 4.98 Å². The molecule has 0 spiro atoms. The topological polar surface area (TPSA) is 54.0 Å². The zero-order valence-electron chi connectivity index (χ0n) is 10.7. The highest BCUT2D eigenvalue weighted by Crippen LogP contribution is 2.19. The van der Waals surface area contributed by atoms with Crippen LogP contribution >= 0.6 is 0 Å². The van der Waals surface area contributed by atoms with E-state index in [1.165, 1.54) is 12.3 Å². The lowest BCUT2D eigenvalue weighted by Crippen LogP contribution is -2.15. The summed E-state index contributed by atoms with van der Waals surface area (Å²) < 4.78 is 13.6. The molecule has 1 amide bonds. The zero-order valence-corrected chi connectivity index (χ0v) is 10.7. The number of hydrogen-bond donors (Lipinski definition) is 2. The normalized spacial score (nSPS) is 10.1. The van der Waals surface area contributed by atoms with Gasteiger partial charge in [0.25, 0.3) is 5.91 Å². The van der Waals surface area contributed by atoms with Crippen LogP contribution in [-0.2, 0) is 0 Å². The predicted octanol–water partition coefficient (Wildman–Crippen LogP) is 2.82. The molecular weight excluding hydrogens is 245 g/mol. The van der Waals surface area contributed by atoms with Crippen LogP contribution in [0.2, 0.25) is 0 Å². The molecule has 98 valence electrons. The second-order valence-electron chi connectivity index (χ2n) is 4.11. The number of carbonyl (C=O) groups excluding carboxylic acids is 1. The Morgan fingerprint density at radius 3 is 2.79 bits per heavy atom. The van der Waals surface area contributed by atoms with Gasteiger partial charge in [0.15, 0.2) is 0 Å². The van der Waals surface area contributed by atoms with E-state index in [4.69, 9.17) is 0 Å². The number of carbonyl (C=O) groups is 1. The number of aromatic nitrogens is 1. The monoisotopic (exact) mass is 259 g/mol. The molecule has 2 N–H and O–H groups in total. The smallest absolute Gasteiger partial charge is 0.259 e. The van der Waals surface area contributed by atoms with Crippen molar-refractivity contribution in [2.45, 2.75) is 6.92 Å². The Bertz CT molecular complexity index is 613. The van der Waals surface area contributed by atoms with Crippen LogP contribution in [0, 0.1) is 12.7 Å². The van der Waals surface area contributed by atoms with Gasteiger partial charge < -0.3 is 10.6 Å². The van der Waals surface area contributed by atoms with E-state index >= 15 is 0 Å². The van der Waals surface area contributed by atoms with Crippen LogP contribution in [0.15, 0.2) is 36.7 Å². The van der Waals surface area contributed by atoms with Crippen LogP contribution in [0.4, 0.5) is 15.8 Å². The average molecular weight is 259 g/mol. The van der Waals surface area contributed by atoms with Gasteiger partial charge in [-0.2, -0.15) is 0 Å². The Morgan fingerprint density at radius 1 is 1.26 bits per heavy atom. The Kier molecular flexibility index (Phi) is 3.75. The van der Waals surface area contributed by atoms with Gasteiger partial charge in [0.05, 0.1) is 11.3 Å². The summed E-state index contributed by atoms with van der Waals surface area (Å²) in [5, 5.41) is 5.44. The van der Waals surface area contributed by atoms with E-state index in [9.17, 15) is 9.18 Å². The van der Waals surface area contributed by atoms with E-state index in [1.807, 2.05) is 6.92 Å². The SMILES string of the molecule is CNc1ccncc1C(=O)Nc1cc(C)ccc1F. The third-order valence-corrected chi connectivity index (χ3v) is 2.71. The van der Waals surface area contributed by atoms with Gasteiger partial charge in [-0.05, 0) is 30.7 Å². The molecule has 0 saturated heterocycles. The Labute approximate surface area is 110 Å². The Balaban J connectivity index is 2.28. The molecule has 2 rings (SSSR count). The minimum atomic E-state index is -0.464. The number of nitrogens with one attached hydrogen (secondary N) is 2. The first-order valence-electron chi connectivity index (χ1n) is 5.81. The summed E-state index contributed by atoms with van der Waals surface area (Å²) in [6.07, 6.45) is 3.02. The van der Waals surface area contributed by atoms with Gasteiger partial charge in [-0.15, -0.1) is 0 Å². The summed E-state index contributed by atoms with van der Waals surface area (Å²) in [7, 11) is 1.71. The molecule has 19 heavy (non-hydrogen) atoms. The van der Waals surface area contributed by atoms with Gasteiger partial charge in [0.1, 0.15) is 5.82 Å². The van der Waals surface area contributed by atoms with Gasteiger partial charge in [-0.3, -0.25) is 9.78 Å². The molecule has 0 aliphatic carbocycles. The minimum absolute atomic E-state index is 0.163. The lowest BCUT2D eigenvalue weighted by Gasteiger charge is -2.10. The summed E-state index contributed by atoms with van der Waals surface area (Å²) in [4.78, 5) is 16.0. The van der Waals surface area contributed by atoms with Crippen LogP contribution in [0.5, 0.6) is 0 Å². The molecule has 0 bridgehead atoms. The molecule has 0 saturated carbocycles. The zero-order chi connectivity index (χ0) is 13.8. The molecule has 5 heteroatoms. The number of rotatable bonds is 3. The van der Waals surface area contributed by atoms with Crippen LogP contribution in [0.25, 0.3) is 0 Å². The van der Waals surface area contributed by atoms with Crippen LogP contribution < -0.4 is 10.6 Å². The molecule has 1 aromatic carbocycles. The van der Waals surface area contributed by atoms with Crippen molar-refractivity contribution in [3.8, 4) is 0 Å². The number of halogens is 1. The third-order valence-electron chi connectivity index (χ3n) is 2.71. The van der Waals surface area contributed by atoms with E-state index in [0.717, 1.165) is 5.56 Å². The Morgan fingerprint density at radius 2 is 2.05 bits per heavy atom. The van der Waals surface area contributed by atoms with Crippen molar-refractivity contribution < 1.29 is 9.18 Å². The average Bonchev–Trinajstić information content (AvgIpc) is 2.42. The van der Waals surface area contributed by atoms with Gasteiger partial charge in [0.2, 0.25) is 0 Å². The number of anilines is 2. The first kappa shape index (κ1) is 13.0. The maximum absolute atomic E-state index is 13.6. The predicted molar refractivity (Wildman–Crippen MR) is 72.9 cm³/mol. The molecule has 0 unspecified atom stereocenters. The molecule has 1 aromatic heterocycles. The highest BCUT2D eigenvalue weighted by Gasteiger charge is 2.13. The Hall–Kier alpha value is -2.43. The first-order valence-corrected chi connectivity index (χ1v) is 5.81. The van der Waals surface area contributed by atoms with Crippen molar-refractivity contribution >= 4 is 17.3 Å². The summed E-state index contributed by atoms with van der Waals surface area (Å²) in [5.41, 5.74) is 2.04. The molecule has 0 fully saturated rings. The molecule has 0 atom stereocenters. The highest BCUT2D eigenvalue weighted by molar-refractivity contribution is 6.07. The standard InChI is InChI=1S/C14H14FN3O/c1-9-3-4-11(15)13(7-9)18-14(19)10-8-17-6-5-12(10)16-2/h3-8H,1-2H3,(H,16,17)(H,18,19). The minimum Gasteiger partial charge on any atom is -0.387 e. The largest absolute Gasteiger partial charge is 0.387 e. The van der Waals surface area contributed by atoms with E-state index in [1.54, 1.807) is 31.4 Å².